The second-order valence-electron chi connectivity index (χ2n) is 9.09. The predicted octanol–water partition coefficient (Wildman–Crippen LogP) is 7.65. The standard InChI is InChI=1S/C33H29FN2O3S/c1-2-38-30-21-26(15-18-29(30)39-23-25-13-16-27(34)17-14-25)22-31-32(37)36(20-19-24-9-5-3-6-10-24)33(40-31)35-28-11-7-4-8-12-28/h3-18,21-22H,2,19-20,23H2,1H3/b31-22+,35-33?. The summed E-state index contributed by atoms with van der Waals surface area (Å²) < 4.78 is 25.0. The van der Waals surface area contributed by atoms with Crippen molar-refractivity contribution in [1.29, 1.82) is 0 Å². The number of carbonyl (C=O) groups excluding carboxylic acids is 1. The number of benzene rings is 4. The van der Waals surface area contributed by atoms with E-state index >= 15 is 0 Å². The molecule has 0 N–H and O–H groups in total. The molecule has 5 rings (SSSR count). The Balaban J connectivity index is 1.38. The predicted molar refractivity (Wildman–Crippen MR) is 159 cm³/mol. The zero-order chi connectivity index (χ0) is 27.7. The molecule has 4 aromatic carbocycles. The van der Waals surface area contributed by atoms with Crippen LogP contribution >= 0.6 is 11.8 Å². The molecule has 1 saturated heterocycles. The highest BCUT2D eigenvalue weighted by molar-refractivity contribution is 8.18. The molecule has 0 unspecified atom stereocenters. The highest BCUT2D eigenvalue weighted by Crippen LogP contribution is 2.36. The van der Waals surface area contributed by atoms with Gasteiger partial charge in [-0.05, 0) is 84.3 Å². The van der Waals surface area contributed by atoms with Gasteiger partial charge in [0.1, 0.15) is 12.4 Å². The van der Waals surface area contributed by atoms with E-state index in [4.69, 9.17) is 14.5 Å². The first-order valence-electron chi connectivity index (χ1n) is 13.1. The van der Waals surface area contributed by atoms with Gasteiger partial charge in [-0.2, -0.15) is 0 Å². The number of aliphatic imine (C=N–C) groups is 1. The number of amidine groups is 1. The van der Waals surface area contributed by atoms with Crippen LogP contribution < -0.4 is 9.47 Å². The van der Waals surface area contributed by atoms with Gasteiger partial charge in [0.2, 0.25) is 0 Å². The third kappa shape index (κ3) is 6.98. The molecule has 0 radical (unpaired) electrons. The van der Waals surface area contributed by atoms with Gasteiger partial charge in [-0.15, -0.1) is 0 Å². The topological polar surface area (TPSA) is 51.1 Å². The van der Waals surface area contributed by atoms with Crippen molar-refractivity contribution in [2.75, 3.05) is 13.2 Å². The number of halogens is 1. The minimum atomic E-state index is -0.286. The first kappa shape index (κ1) is 27.2. The van der Waals surface area contributed by atoms with E-state index in [1.54, 1.807) is 17.0 Å². The Hall–Kier alpha value is -4.36. The Kier molecular flexibility index (Phi) is 8.93. The summed E-state index contributed by atoms with van der Waals surface area (Å²) in [6.07, 6.45) is 2.59. The number of rotatable bonds is 10. The molecule has 0 atom stereocenters. The maximum atomic E-state index is 13.6. The van der Waals surface area contributed by atoms with E-state index in [0.717, 1.165) is 28.8 Å². The Labute approximate surface area is 238 Å². The Morgan fingerprint density at radius 3 is 2.30 bits per heavy atom. The number of hydrogen-bond donors (Lipinski definition) is 0. The van der Waals surface area contributed by atoms with E-state index in [9.17, 15) is 9.18 Å². The lowest BCUT2D eigenvalue weighted by atomic mass is 10.1. The lowest BCUT2D eigenvalue weighted by molar-refractivity contribution is -0.122. The van der Waals surface area contributed by atoms with Crippen molar-refractivity contribution in [3.05, 3.63) is 131 Å². The van der Waals surface area contributed by atoms with Crippen molar-refractivity contribution >= 4 is 34.6 Å². The van der Waals surface area contributed by atoms with Gasteiger partial charge in [-0.25, -0.2) is 9.38 Å². The number of para-hydroxylation sites is 1. The van der Waals surface area contributed by atoms with E-state index in [1.165, 1.54) is 23.9 Å². The number of ether oxygens (including phenoxy) is 2. The van der Waals surface area contributed by atoms with Crippen LogP contribution in [-0.4, -0.2) is 29.1 Å². The maximum Gasteiger partial charge on any atom is 0.266 e. The number of hydrogen-bond acceptors (Lipinski definition) is 5. The molecule has 1 aliphatic rings. The van der Waals surface area contributed by atoms with Crippen molar-refractivity contribution in [2.24, 2.45) is 4.99 Å². The van der Waals surface area contributed by atoms with Gasteiger partial charge in [-0.3, -0.25) is 9.69 Å². The molecule has 1 aliphatic heterocycles. The molecule has 7 heteroatoms. The normalized spacial score (nSPS) is 15.2. The minimum Gasteiger partial charge on any atom is -0.490 e. The van der Waals surface area contributed by atoms with Crippen molar-refractivity contribution in [1.82, 2.24) is 4.90 Å². The first-order valence-corrected chi connectivity index (χ1v) is 13.9. The van der Waals surface area contributed by atoms with Crippen LogP contribution in [0.5, 0.6) is 11.5 Å². The lowest BCUT2D eigenvalue weighted by Crippen LogP contribution is -2.31. The fourth-order valence-corrected chi connectivity index (χ4v) is 5.21. The Bertz CT molecular complexity index is 1510. The number of nitrogens with zero attached hydrogens (tertiary/aromatic N) is 2. The molecule has 5 nitrogen and oxygen atoms in total. The van der Waals surface area contributed by atoms with Gasteiger partial charge in [-0.1, -0.05) is 66.7 Å². The van der Waals surface area contributed by atoms with Gasteiger partial charge in [0.25, 0.3) is 5.91 Å². The van der Waals surface area contributed by atoms with Crippen molar-refractivity contribution in [3.8, 4) is 11.5 Å². The summed E-state index contributed by atoms with van der Waals surface area (Å²) in [6, 6.07) is 31.6. The molecule has 1 amide bonds. The fraction of sp³-hybridized carbons (Fsp3) is 0.152. The molecular formula is C33H29FN2O3S. The largest absolute Gasteiger partial charge is 0.490 e. The van der Waals surface area contributed by atoms with Gasteiger partial charge in [0.05, 0.1) is 17.2 Å². The third-order valence-electron chi connectivity index (χ3n) is 6.21. The highest BCUT2D eigenvalue weighted by atomic mass is 32.2. The van der Waals surface area contributed by atoms with Gasteiger partial charge >= 0.3 is 0 Å². The van der Waals surface area contributed by atoms with Gasteiger partial charge in [0.15, 0.2) is 16.7 Å². The molecule has 0 saturated carbocycles. The summed E-state index contributed by atoms with van der Waals surface area (Å²) in [5.74, 6) is 0.791. The maximum absolute atomic E-state index is 13.6. The third-order valence-corrected chi connectivity index (χ3v) is 7.22. The zero-order valence-corrected chi connectivity index (χ0v) is 22.9. The fourth-order valence-electron chi connectivity index (χ4n) is 4.18. The minimum absolute atomic E-state index is 0.0785. The molecule has 1 heterocycles. The summed E-state index contributed by atoms with van der Waals surface area (Å²) in [5, 5.41) is 0.655. The molecule has 0 spiro atoms. The van der Waals surface area contributed by atoms with E-state index in [1.807, 2.05) is 79.7 Å². The Morgan fingerprint density at radius 2 is 1.57 bits per heavy atom. The quantitative estimate of drug-likeness (QED) is 0.190. The van der Waals surface area contributed by atoms with E-state index < -0.39 is 0 Å². The SMILES string of the molecule is CCOc1cc(/C=C2/SC(=Nc3ccccc3)N(CCc3ccccc3)C2=O)ccc1OCc1ccc(F)cc1. The average Bonchev–Trinajstić information content (AvgIpc) is 3.26. The van der Waals surface area contributed by atoms with Crippen LogP contribution in [0.1, 0.15) is 23.6 Å². The molecule has 40 heavy (non-hydrogen) atoms. The first-order chi connectivity index (χ1) is 19.6. The molecule has 1 fully saturated rings. The molecule has 4 aromatic rings. The van der Waals surface area contributed by atoms with Crippen LogP contribution in [0.15, 0.2) is 113 Å². The molecule has 0 aliphatic carbocycles. The van der Waals surface area contributed by atoms with Gasteiger partial charge in [0, 0.05) is 6.54 Å². The van der Waals surface area contributed by atoms with Crippen LogP contribution in [-0.2, 0) is 17.8 Å². The van der Waals surface area contributed by atoms with E-state index in [0.29, 0.717) is 34.7 Å². The second-order valence-corrected chi connectivity index (χ2v) is 10.1. The number of carbonyl (C=O) groups is 1. The van der Waals surface area contributed by atoms with Crippen molar-refractivity contribution in [2.45, 2.75) is 20.0 Å². The van der Waals surface area contributed by atoms with Crippen LogP contribution in [0.4, 0.5) is 10.1 Å². The summed E-state index contributed by atoms with van der Waals surface area (Å²) in [5.41, 5.74) is 3.63. The summed E-state index contributed by atoms with van der Waals surface area (Å²) >= 11 is 1.37. The Morgan fingerprint density at radius 1 is 0.850 bits per heavy atom. The lowest BCUT2D eigenvalue weighted by Gasteiger charge is -2.15. The van der Waals surface area contributed by atoms with Crippen LogP contribution in [0, 0.1) is 5.82 Å². The highest BCUT2D eigenvalue weighted by Gasteiger charge is 2.33. The smallest absolute Gasteiger partial charge is 0.266 e. The van der Waals surface area contributed by atoms with Gasteiger partial charge < -0.3 is 9.47 Å². The summed E-state index contributed by atoms with van der Waals surface area (Å²) in [7, 11) is 0. The second kappa shape index (κ2) is 13.1. The molecule has 0 aromatic heterocycles. The van der Waals surface area contributed by atoms with Crippen LogP contribution in [0.3, 0.4) is 0 Å². The average molecular weight is 553 g/mol. The zero-order valence-electron chi connectivity index (χ0n) is 22.1. The molecular weight excluding hydrogens is 523 g/mol. The number of thioether (sulfide) groups is 1. The molecule has 0 bridgehead atoms. The van der Waals surface area contributed by atoms with Crippen LogP contribution in [0.2, 0.25) is 0 Å². The van der Waals surface area contributed by atoms with Crippen molar-refractivity contribution < 1.29 is 18.7 Å². The van der Waals surface area contributed by atoms with E-state index in [2.05, 4.69) is 12.1 Å². The van der Waals surface area contributed by atoms with E-state index in [-0.39, 0.29) is 18.3 Å². The summed E-state index contributed by atoms with van der Waals surface area (Å²) in [6.45, 7) is 3.17. The van der Waals surface area contributed by atoms with Crippen LogP contribution in [0.25, 0.3) is 6.08 Å². The monoisotopic (exact) mass is 552 g/mol. The van der Waals surface area contributed by atoms with Crippen molar-refractivity contribution in [3.63, 3.8) is 0 Å². The summed E-state index contributed by atoms with van der Waals surface area (Å²) in [4.78, 5) is 20.7. The molecule has 202 valence electrons. The number of amides is 1.